The number of rotatable bonds is 3. The molecule has 17 heavy (non-hydrogen) atoms. The Bertz CT molecular complexity index is 422. The molecule has 1 aromatic rings. The standard InChI is InChI=1S/C13H16Cl2O2/c1-13(2,3)12(17-4)11(16)9-7-8(14)5-6-10(9)15/h5-7,12H,1-4H3. The first kappa shape index (κ1) is 14.5. The molecule has 0 N–H and O–H groups in total. The van der Waals surface area contributed by atoms with E-state index >= 15 is 0 Å². The highest BCUT2D eigenvalue weighted by molar-refractivity contribution is 6.36. The van der Waals surface area contributed by atoms with E-state index in [4.69, 9.17) is 27.9 Å². The van der Waals surface area contributed by atoms with E-state index < -0.39 is 6.10 Å². The first-order valence-electron chi connectivity index (χ1n) is 5.29. The molecule has 0 spiro atoms. The molecular weight excluding hydrogens is 259 g/mol. The van der Waals surface area contributed by atoms with Gasteiger partial charge in [-0.1, -0.05) is 44.0 Å². The van der Waals surface area contributed by atoms with Crippen molar-refractivity contribution < 1.29 is 9.53 Å². The van der Waals surface area contributed by atoms with Gasteiger partial charge in [0.25, 0.3) is 0 Å². The Kier molecular flexibility index (Phi) is 4.59. The zero-order valence-electron chi connectivity index (χ0n) is 10.4. The molecule has 1 aromatic carbocycles. The molecule has 0 aliphatic carbocycles. The Morgan fingerprint density at radius 1 is 1.29 bits per heavy atom. The maximum atomic E-state index is 12.3. The van der Waals surface area contributed by atoms with Crippen molar-refractivity contribution in [1.29, 1.82) is 0 Å². The van der Waals surface area contributed by atoms with E-state index in [1.807, 2.05) is 20.8 Å². The van der Waals surface area contributed by atoms with Gasteiger partial charge < -0.3 is 4.74 Å². The van der Waals surface area contributed by atoms with Gasteiger partial charge in [0.05, 0.1) is 5.02 Å². The van der Waals surface area contributed by atoms with E-state index in [0.717, 1.165) is 0 Å². The van der Waals surface area contributed by atoms with Crippen LogP contribution in [0.1, 0.15) is 31.1 Å². The molecule has 2 nitrogen and oxygen atoms in total. The molecule has 0 amide bonds. The summed E-state index contributed by atoms with van der Waals surface area (Å²) in [7, 11) is 1.52. The lowest BCUT2D eigenvalue weighted by Crippen LogP contribution is -2.36. The molecular formula is C13H16Cl2O2. The second-order valence-electron chi connectivity index (χ2n) is 4.97. The van der Waals surface area contributed by atoms with Gasteiger partial charge in [0.2, 0.25) is 0 Å². The van der Waals surface area contributed by atoms with Crippen LogP contribution in [0.2, 0.25) is 10.0 Å². The van der Waals surface area contributed by atoms with E-state index in [0.29, 0.717) is 15.6 Å². The molecule has 0 bridgehead atoms. The fourth-order valence-electron chi connectivity index (χ4n) is 1.68. The molecule has 94 valence electrons. The van der Waals surface area contributed by atoms with E-state index in [2.05, 4.69) is 0 Å². The number of ether oxygens (including phenoxy) is 1. The third kappa shape index (κ3) is 3.44. The monoisotopic (exact) mass is 274 g/mol. The Morgan fingerprint density at radius 3 is 2.35 bits per heavy atom. The van der Waals surface area contributed by atoms with Gasteiger partial charge in [0, 0.05) is 17.7 Å². The fourth-order valence-corrected chi connectivity index (χ4v) is 2.06. The van der Waals surface area contributed by atoms with Gasteiger partial charge in [-0.25, -0.2) is 0 Å². The van der Waals surface area contributed by atoms with Crippen LogP contribution in [0, 0.1) is 5.41 Å². The van der Waals surface area contributed by atoms with Crippen molar-refractivity contribution in [3.05, 3.63) is 33.8 Å². The van der Waals surface area contributed by atoms with Crippen LogP contribution in [0.25, 0.3) is 0 Å². The van der Waals surface area contributed by atoms with Crippen LogP contribution in [0.4, 0.5) is 0 Å². The van der Waals surface area contributed by atoms with Gasteiger partial charge in [0.1, 0.15) is 6.10 Å². The Balaban J connectivity index is 3.15. The summed E-state index contributed by atoms with van der Waals surface area (Å²) in [5.41, 5.74) is 0.109. The fraction of sp³-hybridized carbons (Fsp3) is 0.462. The van der Waals surface area contributed by atoms with Crippen molar-refractivity contribution in [2.75, 3.05) is 7.11 Å². The SMILES string of the molecule is COC(C(=O)c1cc(Cl)ccc1Cl)C(C)(C)C. The summed E-state index contributed by atoms with van der Waals surface area (Å²) < 4.78 is 5.27. The lowest BCUT2D eigenvalue weighted by Gasteiger charge is -2.28. The van der Waals surface area contributed by atoms with Gasteiger partial charge in [-0.3, -0.25) is 4.79 Å². The van der Waals surface area contributed by atoms with Crippen LogP contribution in [0.3, 0.4) is 0 Å². The molecule has 0 saturated carbocycles. The van der Waals surface area contributed by atoms with Crippen LogP contribution in [-0.4, -0.2) is 19.0 Å². The number of halogens is 2. The van der Waals surface area contributed by atoms with Gasteiger partial charge in [-0.15, -0.1) is 0 Å². The normalized spacial score (nSPS) is 13.5. The molecule has 1 unspecified atom stereocenters. The third-order valence-corrected chi connectivity index (χ3v) is 3.02. The number of hydrogen-bond acceptors (Lipinski definition) is 2. The largest absolute Gasteiger partial charge is 0.373 e. The van der Waals surface area contributed by atoms with Crippen LogP contribution in [0.15, 0.2) is 18.2 Å². The maximum absolute atomic E-state index is 12.3. The summed E-state index contributed by atoms with van der Waals surface area (Å²) >= 11 is 11.9. The molecule has 0 heterocycles. The Morgan fingerprint density at radius 2 is 1.88 bits per heavy atom. The number of carbonyl (C=O) groups is 1. The molecule has 0 saturated heterocycles. The van der Waals surface area contributed by atoms with Gasteiger partial charge in [-0.05, 0) is 23.6 Å². The van der Waals surface area contributed by atoms with E-state index in [1.54, 1.807) is 18.2 Å². The van der Waals surface area contributed by atoms with Crippen LogP contribution < -0.4 is 0 Å². The van der Waals surface area contributed by atoms with Crippen molar-refractivity contribution in [2.24, 2.45) is 5.41 Å². The second kappa shape index (κ2) is 5.38. The van der Waals surface area contributed by atoms with Crippen molar-refractivity contribution >= 4 is 29.0 Å². The summed E-state index contributed by atoms with van der Waals surface area (Å²) in [4.78, 5) is 12.3. The molecule has 0 fully saturated rings. The van der Waals surface area contributed by atoms with Crippen molar-refractivity contribution in [2.45, 2.75) is 26.9 Å². The highest BCUT2D eigenvalue weighted by atomic mass is 35.5. The average molecular weight is 275 g/mol. The Labute approximate surface area is 112 Å². The van der Waals surface area contributed by atoms with Crippen LogP contribution in [-0.2, 0) is 4.74 Å². The molecule has 0 aliphatic heterocycles. The predicted octanol–water partition coefficient (Wildman–Crippen LogP) is 4.24. The minimum Gasteiger partial charge on any atom is -0.373 e. The number of Topliss-reactive ketones (excluding diaryl/α,β-unsaturated/α-hetero) is 1. The molecule has 4 heteroatoms. The first-order chi connectivity index (χ1) is 7.77. The summed E-state index contributed by atoms with van der Waals surface area (Å²) in [6.45, 7) is 5.83. The van der Waals surface area contributed by atoms with E-state index in [-0.39, 0.29) is 11.2 Å². The zero-order valence-corrected chi connectivity index (χ0v) is 11.9. The lowest BCUT2D eigenvalue weighted by atomic mass is 9.84. The summed E-state index contributed by atoms with van der Waals surface area (Å²) in [5, 5.41) is 0.882. The lowest BCUT2D eigenvalue weighted by molar-refractivity contribution is 0.0196. The Hall–Kier alpha value is -0.570. The molecule has 0 radical (unpaired) electrons. The van der Waals surface area contributed by atoms with Crippen molar-refractivity contribution in [3.8, 4) is 0 Å². The van der Waals surface area contributed by atoms with E-state index in [9.17, 15) is 4.79 Å². The molecule has 1 atom stereocenters. The molecule has 1 rings (SSSR count). The minimum absolute atomic E-state index is 0.146. The number of benzene rings is 1. The molecule has 0 aromatic heterocycles. The average Bonchev–Trinajstić information content (AvgIpc) is 2.20. The second-order valence-corrected chi connectivity index (χ2v) is 5.81. The highest BCUT2D eigenvalue weighted by Crippen LogP contribution is 2.29. The topological polar surface area (TPSA) is 26.3 Å². The number of ketones is 1. The number of carbonyl (C=O) groups excluding carboxylic acids is 1. The third-order valence-electron chi connectivity index (χ3n) is 2.45. The summed E-state index contributed by atoms with van der Waals surface area (Å²) in [5.74, 6) is -0.146. The maximum Gasteiger partial charge on any atom is 0.193 e. The summed E-state index contributed by atoms with van der Waals surface area (Å²) in [6.07, 6.45) is -0.543. The van der Waals surface area contributed by atoms with E-state index in [1.165, 1.54) is 7.11 Å². The van der Waals surface area contributed by atoms with Crippen LogP contribution in [0.5, 0.6) is 0 Å². The van der Waals surface area contributed by atoms with Gasteiger partial charge in [-0.2, -0.15) is 0 Å². The zero-order chi connectivity index (χ0) is 13.2. The summed E-state index contributed by atoms with van der Waals surface area (Å²) in [6, 6.07) is 4.84. The highest BCUT2D eigenvalue weighted by Gasteiger charge is 2.32. The smallest absolute Gasteiger partial charge is 0.193 e. The first-order valence-corrected chi connectivity index (χ1v) is 6.05. The molecule has 0 aliphatic rings. The van der Waals surface area contributed by atoms with Crippen molar-refractivity contribution in [1.82, 2.24) is 0 Å². The number of methoxy groups -OCH3 is 1. The quantitative estimate of drug-likeness (QED) is 0.771. The van der Waals surface area contributed by atoms with Gasteiger partial charge in [0.15, 0.2) is 5.78 Å². The van der Waals surface area contributed by atoms with Crippen LogP contribution >= 0.6 is 23.2 Å². The van der Waals surface area contributed by atoms with Gasteiger partial charge >= 0.3 is 0 Å². The minimum atomic E-state index is -0.543. The van der Waals surface area contributed by atoms with Crippen molar-refractivity contribution in [3.63, 3.8) is 0 Å². The predicted molar refractivity (Wildman–Crippen MR) is 71.0 cm³/mol. The number of hydrogen-bond donors (Lipinski definition) is 0.